The van der Waals surface area contributed by atoms with Crippen molar-refractivity contribution in [2.45, 2.75) is 25.3 Å². The van der Waals surface area contributed by atoms with Crippen LogP contribution >= 0.6 is 11.3 Å². The molecular formula is C24H23FN6S. The van der Waals surface area contributed by atoms with Gasteiger partial charge in [-0.3, -0.25) is 4.90 Å². The summed E-state index contributed by atoms with van der Waals surface area (Å²) in [6.45, 7) is 2.81. The Labute approximate surface area is 190 Å². The summed E-state index contributed by atoms with van der Waals surface area (Å²) >= 11 is 1.56. The van der Waals surface area contributed by atoms with E-state index in [1.165, 1.54) is 11.6 Å². The quantitative estimate of drug-likeness (QED) is 0.458. The van der Waals surface area contributed by atoms with Gasteiger partial charge in [0.05, 0.1) is 17.3 Å². The van der Waals surface area contributed by atoms with Gasteiger partial charge in [0.2, 0.25) is 0 Å². The first-order valence-electron chi connectivity index (χ1n) is 10.6. The molecule has 0 aliphatic carbocycles. The van der Waals surface area contributed by atoms with Crippen LogP contribution in [-0.4, -0.2) is 32.5 Å². The molecule has 0 spiro atoms. The molecule has 162 valence electrons. The van der Waals surface area contributed by atoms with E-state index in [0.29, 0.717) is 17.3 Å². The zero-order valence-corrected chi connectivity index (χ0v) is 18.6. The molecular weight excluding hydrogens is 423 g/mol. The summed E-state index contributed by atoms with van der Waals surface area (Å²) in [6, 6.07) is 10.5. The number of hydrogen-bond donors (Lipinski definition) is 1. The first-order valence-corrected chi connectivity index (χ1v) is 11.5. The third-order valence-corrected chi connectivity index (χ3v) is 6.86. The molecule has 1 aliphatic rings. The van der Waals surface area contributed by atoms with Gasteiger partial charge in [-0.05, 0) is 61.8 Å². The summed E-state index contributed by atoms with van der Waals surface area (Å²) in [5.41, 5.74) is 3.92. The molecule has 4 aromatic rings. The molecule has 1 N–H and O–H groups in total. The Morgan fingerprint density at radius 3 is 2.91 bits per heavy atom. The van der Waals surface area contributed by atoms with E-state index in [0.717, 1.165) is 54.2 Å². The molecule has 6 nitrogen and oxygen atoms in total. The number of anilines is 2. The number of aryl methyl sites for hydroxylation is 1. The summed E-state index contributed by atoms with van der Waals surface area (Å²) in [5, 5.41) is 16.2. The number of pyridine rings is 1. The largest absolute Gasteiger partial charge is 0.350 e. The predicted octanol–water partition coefficient (Wildman–Crippen LogP) is 5.16. The van der Waals surface area contributed by atoms with Crippen molar-refractivity contribution in [1.82, 2.24) is 19.4 Å². The Balaban J connectivity index is 1.21. The first kappa shape index (κ1) is 20.6. The van der Waals surface area contributed by atoms with Crippen LogP contribution in [0.25, 0.3) is 10.9 Å². The summed E-state index contributed by atoms with van der Waals surface area (Å²) in [7, 11) is 2.01. The molecule has 32 heavy (non-hydrogen) atoms. The summed E-state index contributed by atoms with van der Waals surface area (Å²) in [6.07, 6.45) is 5.83. The van der Waals surface area contributed by atoms with Gasteiger partial charge < -0.3 is 9.88 Å². The lowest BCUT2D eigenvalue weighted by atomic mass is 9.94. The standard InChI is InChI=1S/C24H23FN6S/c1-30-13-18(20-11-19(25)2-3-22(20)30)14-31-8-5-17(6-9-31)21-15-32-24(28-21)29-23-10-16(12-26)4-7-27-23/h2-4,7,10-11,13,15,17H,5-6,8-9,14H2,1H3,(H,27,28,29). The number of rotatable bonds is 5. The number of benzene rings is 1. The minimum absolute atomic E-state index is 0.189. The van der Waals surface area contributed by atoms with Crippen molar-refractivity contribution in [3.63, 3.8) is 0 Å². The fraction of sp³-hybridized carbons (Fsp3) is 0.292. The maximum absolute atomic E-state index is 13.8. The predicted molar refractivity (Wildman–Crippen MR) is 124 cm³/mol. The topological polar surface area (TPSA) is 69.8 Å². The van der Waals surface area contributed by atoms with E-state index in [2.05, 4.69) is 37.4 Å². The lowest BCUT2D eigenvalue weighted by molar-refractivity contribution is 0.204. The number of thiazole rings is 1. The second-order valence-corrected chi connectivity index (χ2v) is 9.08. The van der Waals surface area contributed by atoms with Crippen LogP contribution in [0.15, 0.2) is 48.1 Å². The van der Waals surface area contributed by atoms with Gasteiger partial charge in [0.25, 0.3) is 0 Å². The zero-order valence-electron chi connectivity index (χ0n) is 17.8. The number of likely N-dealkylation sites (tertiary alicyclic amines) is 1. The molecule has 3 aromatic heterocycles. The SMILES string of the molecule is Cn1cc(CN2CCC(c3csc(Nc4cc(C#N)ccn4)n3)CC2)c2cc(F)ccc21. The molecule has 0 atom stereocenters. The summed E-state index contributed by atoms with van der Waals surface area (Å²) in [5.74, 6) is 0.874. The van der Waals surface area contributed by atoms with Crippen molar-refractivity contribution in [2.75, 3.05) is 18.4 Å². The number of nitrogens with zero attached hydrogens (tertiary/aromatic N) is 5. The number of halogens is 1. The fourth-order valence-corrected chi connectivity index (χ4v) is 5.21. The Bertz CT molecular complexity index is 1300. The van der Waals surface area contributed by atoms with Crippen LogP contribution in [0, 0.1) is 17.1 Å². The molecule has 5 rings (SSSR count). The van der Waals surface area contributed by atoms with E-state index in [9.17, 15) is 4.39 Å². The highest BCUT2D eigenvalue weighted by atomic mass is 32.1. The lowest BCUT2D eigenvalue weighted by Crippen LogP contribution is -2.32. The minimum Gasteiger partial charge on any atom is -0.350 e. The number of nitriles is 1. The average molecular weight is 447 g/mol. The molecule has 0 unspecified atom stereocenters. The Hall–Kier alpha value is -3.28. The first-order chi connectivity index (χ1) is 15.6. The van der Waals surface area contributed by atoms with Crippen LogP contribution < -0.4 is 5.32 Å². The highest BCUT2D eigenvalue weighted by Crippen LogP contribution is 2.32. The Morgan fingerprint density at radius 1 is 1.25 bits per heavy atom. The van der Waals surface area contributed by atoms with Crippen molar-refractivity contribution in [3.8, 4) is 6.07 Å². The van der Waals surface area contributed by atoms with Crippen LogP contribution in [0.2, 0.25) is 0 Å². The van der Waals surface area contributed by atoms with E-state index in [1.54, 1.807) is 35.7 Å². The molecule has 1 aliphatic heterocycles. The smallest absolute Gasteiger partial charge is 0.188 e. The van der Waals surface area contributed by atoms with Crippen molar-refractivity contribution in [1.29, 1.82) is 5.26 Å². The highest BCUT2D eigenvalue weighted by molar-refractivity contribution is 7.13. The molecule has 1 aromatic carbocycles. The minimum atomic E-state index is -0.189. The molecule has 0 amide bonds. The molecule has 0 radical (unpaired) electrons. The van der Waals surface area contributed by atoms with E-state index >= 15 is 0 Å². The maximum atomic E-state index is 13.8. The zero-order chi connectivity index (χ0) is 22.1. The van der Waals surface area contributed by atoms with Crippen LogP contribution in [0.1, 0.15) is 35.6 Å². The molecule has 8 heteroatoms. The van der Waals surface area contributed by atoms with Gasteiger partial charge in [0.1, 0.15) is 11.6 Å². The number of piperidine rings is 1. The third kappa shape index (κ3) is 4.22. The van der Waals surface area contributed by atoms with Gasteiger partial charge in [-0.25, -0.2) is 14.4 Å². The van der Waals surface area contributed by atoms with Crippen molar-refractivity contribution < 1.29 is 4.39 Å². The van der Waals surface area contributed by atoms with E-state index in [1.807, 2.05) is 13.1 Å². The Kier molecular flexibility index (Phi) is 5.60. The Morgan fingerprint density at radius 2 is 2.09 bits per heavy atom. The monoisotopic (exact) mass is 446 g/mol. The second kappa shape index (κ2) is 8.69. The number of hydrogen-bond acceptors (Lipinski definition) is 6. The molecule has 0 bridgehead atoms. The van der Waals surface area contributed by atoms with Gasteiger partial charge >= 0.3 is 0 Å². The van der Waals surface area contributed by atoms with E-state index in [4.69, 9.17) is 10.2 Å². The second-order valence-electron chi connectivity index (χ2n) is 8.22. The maximum Gasteiger partial charge on any atom is 0.188 e. The summed E-state index contributed by atoms with van der Waals surface area (Å²) in [4.78, 5) is 11.5. The number of aromatic nitrogens is 3. The third-order valence-electron chi connectivity index (χ3n) is 6.08. The molecule has 4 heterocycles. The summed E-state index contributed by atoms with van der Waals surface area (Å²) < 4.78 is 15.8. The average Bonchev–Trinajstić information content (AvgIpc) is 3.39. The number of nitrogens with one attached hydrogen (secondary N) is 1. The van der Waals surface area contributed by atoms with Crippen molar-refractivity contribution in [3.05, 3.63) is 70.7 Å². The van der Waals surface area contributed by atoms with Gasteiger partial charge in [-0.2, -0.15) is 5.26 Å². The van der Waals surface area contributed by atoms with Crippen LogP contribution in [0.5, 0.6) is 0 Å². The normalized spacial score (nSPS) is 15.2. The van der Waals surface area contributed by atoms with Crippen molar-refractivity contribution in [2.24, 2.45) is 7.05 Å². The van der Waals surface area contributed by atoms with Crippen LogP contribution in [-0.2, 0) is 13.6 Å². The molecule has 1 fully saturated rings. The lowest BCUT2D eigenvalue weighted by Gasteiger charge is -2.31. The van der Waals surface area contributed by atoms with Gasteiger partial charge in [-0.1, -0.05) is 0 Å². The van der Waals surface area contributed by atoms with Gasteiger partial charge in [0, 0.05) is 48.2 Å². The van der Waals surface area contributed by atoms with Gasteiger partial charge in [0.15, 0.2) is 5.13 Å². The van der Waals surface area contributed by atoms with Crippen molar-refractivity contribution >= 4 is 33.2 Å². The van der Waals surface area contributed by atoms with Gasteiger partial charge in [-0.15, -0.1) is 11.3 Å². The fourth-order valence-electron chi connectivity index (χ4n) is 4.41. The number of fused-ring (bicyclic) bond motifs is 1. The highest BCUT2D eigenvalue weighted by Gasteiger charge is 2.23. The van der Waals surface area contributed by atoms with E-state index < -0.39 is 0 Å². The molecule has 1 saturated heterocycles. The van der Waals surface area contributed by atoms with E-state index in [-0.39, 0.29) is 5.82 Å². The van der Waals surface area contributed by atoms with Crippen LogP contribution in [0.4, 0.5) is 15.3 Å². The van der Waals surface area contributed by atoms with Crippen LogP contribution in [0.3, 0.4) is 0 Å². The molecule has 0 saturated carbocycles.